The van der Waals surface area contributed by atoms with Crippen molar-refractivity contribution < 1.29 is 4.74 Å². The second-order valence-corrected chi connectivity index (χ2v) is 6.52. The zero-order valence-electron chi connectivity index (χ0n) is 11.1. The van der Waals surface area contributed by atoms with E-state index in [1.807, 2.05) is 36.4 Å². The fraction of sp³-hybridized carbons (Fsp3) is 0.0588. The van der Waals surface area contributed by atoms with Gasteiger partial charge < -0.3 is 10.5 Å². The topological polar surface area (TPSA) is 35.2 Å². The standard InChI is InChI=1S/C17H13Br2NO/c18-13-6-4-12-9-14(7-5-11(12)8-13)21-10-15-16(19)2-1-3-17(15)20/h1-9H,10,20H2. The molecular weight excluding hydrogens is 394 g/mol. The van der Waals surface area contributed by atoms with Crippen LogP contribution >= 0.6 is 31.9 Å². The van der Waals surface area contributed by atoms with Crippen molar-refractivity contribution in [3.63, 3.8) is 0 Å². The van der Waals surface area contributed by atoms with Crippen LogP contribution in [0.1, 0.15) is 5.56 Å². The van der Waals surface area contributed by atoms with Crippen molar-refractivity contribution >= 4 is 48.3 Å². The fourth-order valence-electron chi connectivity index (χ4n) is 2.17. The van der Waals surface area contributed by atoms with Crippen LogP contribution < -0.4 is 10.5 Å². The molecule has 0 heterocycles. The number of anilines is 1. The summed E-state index contributed by atoms with van der Waals surface area (Å²) >= 11 is 6.98. The maximum atomic E-state index is 5.98. The largest absolute Gasteiger partial charge is 0.489 e. The molecule has 3 aromatic rings. The highest BCUT2D eigenvalue weighted by Gasteiger charge is 2.05. The molecule has 3 rings (SSSR count). The van der Waals surface area contributed by atoms with E-state index in [2.05, 4.69) is 50.1 Å². The molecule has 0 saturated carbocycles. The number of ether oxygens (including phenoxy) is 1. The SMILES string of the molecule is Nc1cccc(Br)c1COc1ccc2cc(Br)ccc2c1. The summed E-state index contributed by atoms with van der Waals surface area (Å²) in [4.78, 5) is 0. The predicted octanol–water partition coefficient (Wildman–Crippen LogP) is 5.53. The molecular formula is C17H13Br2NO. The van der Waals surface area contributed by atoms with E-state index in [0.29, 0.717) is 6.61 Å². The Morgan fingerprint density at radius 3 is 2.48 bits per heavy atom. The van der Waals surface area contributed by atoms with Gasteiger partial charge in [-0.1, -0.05) is 50.1 Å². The molecule has 0 atom stereocenters. The lowest BCUT2D eigenvalue weighted by molar-refractivity contribution is 0.306. The first-order chi connectivity index (χ1) is 10.1. The molecule has 21 heavy (non-hydrogen) atoms. The molecule has 0 bridgehead atoms. The number of hydrogen-bond acceptors (Lipinski definition) is 2. The summed E-state index contributed by atoms with van der Waals surface area (Å²) in [5.74, 6) is 0.833. The molecule has 0 saturated heterocycles. The third-order valence-corrected chi connectivity index (χ3v) is 4.55. The van der Waals surface area contributed by atoms with Crippen molar-refractivity contribution in [1.29, 1.82) is 0 Å². The van der Waals surface area contributed by atoms with Crippen LogP contribution in [0.25, 0.3) is 10.8 Å². The maximum absolute atomic E-state index is 5.98. The average molecular weight is 407 g/mol. The van der Waals surface area contributed by atoms with Gasteiger partial charge in [0.2, 0.25) is 0 Å². The van der Waals surface area contributed by atoms with Gasteiger partial charge in [-0.15, -0.1) is 0 Å². The lowest BCUT2D eigenvalue weighted by Crippen LogP contribution is -2.01. The molecule has 0 aliphatic heterocycles. The summed E-state index contributed by atoms with van der Waals surface area (Å²) in [6, 6.07) is 18.0. The Morgan fingerprint density at radius 1 is 0.905 bits per heavy atom. The van der Waals surface area contributed by atoms with Gasteiger partial charge in [0.05, 0.1) is 0 Å². The summed E-state index contributed by atoms with van der Waals surface area (Å²) in [6.07, 6.45) is 0. The van der Waals surface area contributed by atoms with Crippen molar-refractivity contribution in [2.45, 2.75) is 6.61 Å². The van der Waals surface area contributed by atoms with Crippen LogP contribution in [0, 0.1) is 0 Å². The van der Waals surface area contributed by atoms with Crippen molar-refractivity contribution in [2.24, 2.45) is 0 Å². The molecule has 0 amide bonds. The predicted molar refractivity (Wildman–Crippen MR) is 94.5 cm³/mol. The first-order valence-electron chi connectivity index (χ1n) is 6.48. The Morgan fingerprint density at radius 2 is 1.67 bits per heavy atom. The number of rotatable bonds is 3. The zero-order valence-corrected chi connectivity index (χ0v) is 14.3. The highest BCUT2D eigenvalue weighted by atomic mass is 79.9. The molecule has 0 spiro atoms. The summed E-state index contributed by atoms with van der Waals surface area (Å²) in [7, 11) is 0. The quantitative estimate of drug-likeness (QED) is 0.580. The molecule has 2 N–H and O–H groups in total. The van der Waals surface area contributed by atoms with Gasteiger partial charge in [-0.05, 0) is 47.2 Å². The first kappa shape index (κ1) is 14.4. The Hall–Kier alpha value is -1.52. The van der Waals surface area contributed by atoms with Crippen LogP contribution in [0.5, 0.6) is 5.75 Å². The Kier molecular flexibility index (Phi) is 4.17. The molecule has 4 heteroatoms. The van der Waals surface area contributed by atoms with Crippen molar-refractivity contribution in [3.05, 3.63) is 69.1 Å². The van der Waals surface area contributed by atoms with Crippen LogP contribution in [0.2, 0.25) is 0 Å². The van der Waals surface area contributed by atoms with Crippen LogP contribution in [-0.4, -0.2) is 0 Å². The van der Waals surface area contributed by atoms with E-state index in [1.54, 1.807) is 0 Å². The minimum atomic E-state index is 0.440. The van der Waals surface area contributed by atoms with Crippen molar-refractivity contribution in [1.82, 2.24) is 0 Å². The Bertz CT molecular complexity index is 782. The number of hydrogen-bond donors (Lipinski definition) is 1. The van der Waals surface area contributed by atoms with Crippen molar-refractivity contribution in [3.8, 4) is 5.75 Å². The van der Waals surface area contributed by atoms with Gasteiger partial charge in [0.15, 0.2) is 0 Å². The highest BCUT2D eigenvalue weighted by Crippen LogP contribution is 2.27. The highest BCUT2D eigenvalue weighted by molar-refractivity contribution is 9.10. The van der Waals surface area contributed by atoms with Crippen LogP contribution in [0.4, 0.5) is 5.69 Å². The third kappa shape index (κ3) is 3.22. The Balaban J connectivity index is 1.84. The molecule has 3 aromatic carbocycles. The first-order valence-corrected chi connectivity index (χ1v) is 8.07. The van der Waals surface area contributed by atoms with E-state index in [4.69, 9.17) is 10.5 Å². The van der Waals surface area contributed by atoms with Gasteiger partial charge in [-0.2, -0.15) is 0 Å². The van der Waals surface area contributed by atoms with E-state index >= 15 is 0 Å². The van der Waals surface area contributed by atoms with Gasteiger partial charge in [0.25, 0.3) is 0 Å². The minimum Gasteiger partial charge on any atom is -0.489 e. The summed E-state index contributed by atoms with van der Waals surface area (Å²) in [5, 5.41) is 2.33. The lowest BCUT2D eigenvalue weighted by atomic mass is 10.1. The molecule has 0 aliphatic rings. The summed E-state index contributed by atoms with van der Waals surface area (Å²) in [5.41, 5.74) is 7.67. The van der Waals surface area contributed by atoms with E-state index in [-0.39, 0.29) is 0 Å². The number of halogens is 2. The molecule has 0 aliphatic carbocycles. The maximum Gasteiger partial charge on any atom is 0.120 e. The fourth-order valence-corrected chi connectivity index (χ4v) is 3.04. The second kappa shape index (κ2) is 6.08. The van der Waals surface area contributed by atoms with Gasteiger partial charge in [0.1, 0.15) is 12.4 Å². The molecule has 0 radical (unpaired) electrons. The summed E-state index contributed by atoms with van der Waals surface area (Å²) < 4.78 is 7.91. The van der Waals surface area contributed by atoms with Gasteiger partial charge in [-0.25, -0.2) is 0 Å². The normalized spacial score (nSPS) is 10.8. The second-order valence-electron chi connectivity index (χ2n) is 4.75. The zero-order chi connectivity index (χ0) is 14.8. The van der Waals surface area contributed by atoms with Crippen molar-refractivity contribution in [2.75, 3.05) is 5.73 Å². The molecule has 2 nitrogen and oxygen atoms in total. The smallest absolute Gasteiger partial charge is 0.120 e. The van der Waals surface area contributed by atoms with E-state index in [1.165, 1.54) is 5.39 Å². The molecule has 0 unspecified atom stereocenters. The molecule has 106 valence electrons. The minimum absolute atomic E-state index is 0.440. The number of nitrogens with two attached hydrogens (primary N) is 1. The third-order valence-electron chi connectivity index (χ3n) is 3.31. The van der Waals surface area contributed by atoms with Gasteiger partial charge in [0, 0.05) is 20.2 Å². The van der Waals surface area contributed by atoms with E-state index in [9.17, 15) is 0 Å². The monoisotopic (exact) mass is 405 g/mol. The van der Waals surface area contributed by atoms with E-state index in [0.717, 1.165) is 31.3 Å². The average Bonchev–Trinajstić information content (AvgIpc) is 2.47. The number of nitrogen functional groups attached to an aromatic ring is 1. The Labute approximate surface area is 140 Å². The number of benzene rings is 3. The van der Waals surface area contributed by atoms with Gasteiger partial charge in [-0.3, -0.25) is 0 Å². The van der Waals surface area contributed by atoms with Gasteiger partial charge >= 0.3 is 0 Å². The van der Waals surface area contributed by atoms with Crippen LogP contribution in [-0.2, 0) is 6.61 Å². The molecule has 0 aromatic heterocycles. The van der Waals surface area contributed by atoms with E-state index < -0.39 is 0 Å². The van der Waals surface area contributed by atoms with Crippen LogP contribution in [0.3, 0.4) is 0 Å². The van der Waals surface area contributed by atoms with Crippen LogP contribution in [0.15, 0.2) is 63.5 Å². The summed E-state index contributed by atoms with van der Waals surface area (Å²) in [6.45, 7) is 0.440. The lowest BCUT2D eigenvalue weighted by Gasteiger charge is -2.11. The molecule has 0 fully saturated rings. The number of fused-ring (bicyclic) bond motifs is 1.